The number of hydrogen-bond donors (Lipinski definition) is 5. The predicted molar refractivity (Wildman–Crippen MR) is 235 cm³/mol. The van der Waals surface area contributed by atoms with E-state index in [1.165, 1.54) is 19.3 Å². The van der Waals surface area contributed by atoms with Crippen LogP contribution in [0.5, 0.6) is 5.75 Å². The quantitative estimate of drug-likeness (QED) is 0.0724. The number of ketones is 1. The van der Waals surface area contributed by atoms with E-state index in [4.69, 9.17) is 38.2 Å². The van der Waals surface area contributed by atoms with Crippen molar-refractivity contribution in [2.75, 3.05) is 63.1 Å². The lowest BCUT2D eigenvalue weighted by molar-refractivity contribution is -0.193. The molecule has 0 atom stereocenters. The number of carbonyl (C=O) groups is 5. The molecule has 374 valence electrons. The Labute approximate surface area is 389 Å². The number of aliphatic carboxylic acids is 2. The van der Waals surface area contributed by atoms with Crippen molar-refractivity contribution < 1.29 is 78.9 Å². The molecule has 69 heavy (non-hydrogen) atoms. The Bertz CT molecular complexity index is 2590. The van der Waals surface area contributed by atoms with E-state index in [0.717, 1.165) is 55.5 Å². The number of carbonyl (C=O) groups excluding carboxylic acids is 3. The number of rotatable bonds is 8. The van der Waals surface area contributed by atoms with Crippen LogP contribution in [0.4, 0.5) is 47.4 Å². The Kier molecular flexibility index (Phi) is 16.3. The van der Waals surface area contributed by atoms with Gasteiger partial charge in [0.05, 0.1) is 18.9 Å². The fourth-order valence-corrected chi connectivity index (χ4v) is 7.80. The van der Waals surface area contributed by atoms with Gasteiger partial charge in [0.15, 0.2) is 11.6 Å². The number of halogens is 6. The highest BCUT2D eigenvalue weighted by molar-refractivity contribution is 6.11. The average Bonchev–Trinajstić information content (AvgIpc) is 4.07. The van der Waals surface area contributed by atoms with Crippen molar-refractivity contribution in [3.63, 3.8) is 0 Å². The number of aromatic nitrogens is 2. The number of amides is 3. The van der Waals surface area contributed by atoms with E-state index in [1.807, 2.05) is 43.9 Å². The van der Waals surface area contributed by atoms with Gasteiger partial charge in [-0.2, -0.15) is 26.3 Å². The van der Waals surface area contributed by atoms with Gasteiger partial charge in [0.25, 0.3) is 0 Å². The van der Waals surface area contributed by atoms with Crippen LogP contribution < -0.4 is 15.4 Å². The molecule has 3 aliphatic rings. The number of H-pyrrole nitrogens is 1. The summed E-state index contributed by atoms with van der Waals surface area (Å²) in [6, 6.07) is 14.0. The molecule has 3 aliphatic heterocycles. The molecule has 3 saturated heterocycles. The number of likely N-dealkylation sites (tertiary alicyclic amines) is 2. The molecule has 0 radical (unpaired) electrons. The summed E-state index contributed by atoms with van der Waals surface area (Å²) in [6.45, 7) is 12.9. The van der Waals surface area contributed by atoms with Crippen LogP contribution in [0.2, 0.25) is 0 Å². The maximum Gasteiger partial charge on any atom is 0.490 e. The number of carboxylic acids is 2. The van der Waals surface area contributed by atoms with E-state index in [1.54, 1.807) is 30.3 Å². The molecule has 6 heterocycles. The minimum Gasteiger partial charge on any atom is -0.475 e. The van der Waals surface area contributed by atoms with Crippen LogP contribution >= 0.6 is 0 Å². The van der Waals surface area contributed by atoms with Gasteiger partial charge >= 0.3 is 36.4 Å². The molecule has 0 spiro atoms. The normalized spacial score (nSPS) is 16.5. The second kappa shape index (κ2) is 21.7. The van der Waals surface area contributed by atoms with E-state index in [9.17, 15) is 40.7 Å². The molecule has 5 aromatic rings. The van der Waals surface area contributed by atoms with Crippen LogP contribution in [0.1, 0.15) is 80.4 Å². The first-order valence-corrected chi connectivity index (χ1v) is 21.9. The molecule has 8 rings (SSSR count). The Morgan fingerprint density at radius 3 is 2.04 bits per heavy atom. The van der Waals surface area contributed by atoms with E-state index < -0.39 is 30.3 Å². The van der Waals surface area contributed by atoms with Crippen LogP contribution in [0.15, 0.2) is 57.5 Å². The maximum absolute atomic E-state index is 13.9. The van der Waals surface area contributed by atoms with Gasteiger partial charge in [-0.3, -0.25) is 15.0 Å². The average molecular weight is 980 g/mol. The number of alkyl halides is 6. The number of nitrogens with one attached hydrogen (secondary N) is 3. The summed E-state index contributed by atoms with van der Waals surface area (Å²) < 4.78 is 86.6. The van der Waals surface area contributed by atoms with Gasteiger partial charge in [-0.05, 0) is 81.2 Å². The highest BCUT2D eigenvalue weighted by atomic mass is 19.4. The number of morpholine rings is 1. The van der Waals surface area contributed by atoms with Crippen molar-refractivity contribution >= 4 is 63.2 Å². The summed E-state index contributed by atoms with van der Waals surface area (Å²) in [6.07, 6.45) is -4.78. The Hall–Kier alpha value is -6.66. The van der Waals surface area contributed by atoms with Gasteiger partial charge in [0.1, 0.15) is 17.1 Å². The van der Waals surface area contributed by atoms with Gasteiger partial charge in [-0.25, -0.2) is 19.2 Å². The summed E-state index contributed by atoms with van der Waals surface area (Å²) in [4.78, 5) is 67.9. The number of piperidine rings is 2. The SMILES string of the molecule is CC(C)(C)c1cc(NC(=O)Nc2ccc3oc(C(=O)c4cc5c(CN6CCOCC6)c(OC(=O)N6CCC(N7CCCCC7)CC6)ccc5[nH]4)cc3c2)no1.O=C(O)C(F)(F)F.O=C(O)C(F)(F)F. The third-order valence-corrected chi connectivity index (χ3v) is 11.4. The molecule has 3 fully saturated rings. The zero-order valence-electron chi connectivity index (χ0n) is 37.7. The van der Waals surface area contributed by atoms with E-state index in [0.29, 0.717) is 78.6 Å². The molecular weight excluding hydrogens is 929 g/mol. The van der Waals surface area contributed by atoms with E-state index in [2.05, 4.69) is 30.6 Å². The van der Waals surface area contributed by atoms with Crippen molar-refractivity contribution in [1.29, 1.82) is 0 Å². The molecule has 2 aromatic carbocycles. The lowest BCUT2D eigenvalue weighted by atomic mass is 9.93. The first kappa shape index (κ1) is 51.7. The fourth-order valence-electron chi connectivity index (χ4n) is 7.80. The summed E-state index contributed by atoms with van der Waals surface area (Å²) in [5, 5.41) is 25.1. The Balaban J connectivity index is 0.000000489. The van der Waals surface area contributed by atoms with Gasteiger partial charge < -0.3 is 48.7 Å². The molecule has 5 N–H and O–H groups in total. The molecule has 18 nitrogen and oxygen atoms in total. The summed E-state index contributed by atoms with van der Waals surface area (Å²) in [7, 11) is 0. The van der Waals surface area contributed by atoms with Crippen LogP contribution in [-0.4, -0.2) is 136 Å². The number of ether oxygens (including phenoxy) is 2. The highest BCUT2D eigenvalue weighted by Crippen LogP contribution is 2.33. The van der Waals surface area contributed by atoms with E-state index in [-0.39, 0.29) is 23.1 Å². The largest absolute Gasteiger partial charge is 0.490 e. The molecule has 24 heteroatoms. The Morgan fingerprint density at radius 2 is 1.45 bits per heavy atom. The highest BCUT2D eigenvalue weighted by Gasteiger charge is 2.39. The smallest absolute Gasteiger partial charge is 0.475 e. The van der Waals surface area contributed by atoms with Crippen molar-refractivity contribution in [2.45, 2.75) is 83.2 Å². The summed E-state index contributed by atoms with van der Waals surface area (Å²) in [5.74, 6) is -4.24. The number of aromatic amines is 1. The predicted octanol–water partition coefficient (Wildman–Crippen LogP) is 8.62. The number of nitrogens with zero attached hydrogens (tertiary/aromatic N) is 4. The number of fused-ring (bicyclic) bond motifs is 2. The molecule has 3 aromatic heterocycles. The van der Waals surface area contributed by atoms with Crippen LogP contribution in [0.3, 0.4) is 0 Å². The zero-order valence-corrected chi connectivity index (χ0v) is 37.7. The number of furan rings is 1. The van der Waals surface area contributed by atoms with Crippen LogP contribution in [-0.2, 0) is 26.3 Å². The number of carboxylic acid groups (broad SMARTS) is 2. The third-order valence-electron chi connectivity index (χ3n) is 11.4. The van der Waals surface area contributed by atoms with Crippen LogP contribution in [0.25, 0.3) is 21.9 Å². The summed E-state index contributed by atoms with van der Waals surface area (Å²) in [5.41, 5.74) is 2.70. The molecule has 0 bridgehead atoms. The lowest BCUT2D eigenvalue weighted by Crippen LogP contribution is -2.48. The van der Waals surface area contributed by atoms with Crippen LogP contribution in [0, 0.1) is 0 Å². The van der Waals surface area contributed by atoms with Crippen molar-refractivity contribution in [3.8, 4) is 5.75 Å². The topological polar surface area (TPSA) is 233 Å². The lowest BCUT2D eigenvalue weighted by Gasteiger charge is -2.39. The molecule has 0 unspecified atom stereocenters. The number of urea groups is 1. The third kappa shape index (κ3) is 14.0. The minimum atomic E-state index is -5.08. The van der Waals surface area contributed by atoms with E-state index >= 15 is 0 Å². The molecular formula is C45H51F6N7O11. The minimum absolute atomic E-state index is 0.148. The second-order valence-electron chi connectivity index (χ2n) is 17.5. The molecule has 3 amide bonds. The van der Waals surface area contributed by atoms with Crippen molar-refractivity contribution in [2.24, 2.45) is 0 Å². The fraction of sp³-hybridized carbons (Fsp3) is 0.467. The molecule has 0 aliphatic carbocycles. The maximum atomic E-state index is 13.9. The molecule has 0 saturated carbocycles. The van der Waals surface area contributed by atoms with Crippen molar-refractivity contribution in [1.82, 2.24) is 24.8 Å². The summed E-state index contributed by atoms with van der Waals surface area (Å²) >= 11 is 0. The zero-order chi connectivity index (χ0) is 50.3. The number of anilines is 2. The Morgan fingerprint density at radius 1 is 0.812 bits per heavy atom. The van der Waals surface area contributed by atoms with Gasteiger partial charge in [-0.15, -0.1) is 0 Å². The standard InChI is InChI=1S/C41H49N7O7.2C2HF3O2/c1-41(2,3)36-24-37(45-55-36)44-39(50)42-27-7-9-33-26(21-27)22-35(53-33)38(49)32-23-29-30(25-46-17-19-52-20-18-46)34(10-8-31(29)43-32)54-40(51)48-15-11-28(12-16-48)47-13-5-4-6-14-47;2*3-2(4,5)1(6)7/h7-10,21-24,28,43H,4-6,11-20,25H2,1-3H3,(H2,42,44,45,50);2*(H,6,7). The number of benzene rings is 2. The monoisotopic (exact) mass is 979 g/mol. The van der Waals surface area contributed by atoms with Crippen molar-refractivity contribution in [3.05, 3.63) is 71.3 Å². The van der Waals surface area contributed by atoms with Gasteiger partial charge in [-0.1, -0.05) is 32.3 Å². The number of hydrogen-bond acceptors (Lipinski definition) is 12. The van der Waals surface area contributed by atoms with Gasteiger partial charge in [0.2, 0.25) is 5.78 Å². The first-order valence-electron chi connectivity index (χ1n) is 21.9. The van der Waals surface area contributed by atoms with Gasteiger partial charge in [0, 0.05) is 77.8 Å². The first-order chi connectivity index (χ1) is 32.5. The second-order valence-corrected chi connectivity index (χ2v) is 17.5.